The van der Waals surface area contributed by atoms with Crippen molar-refractivity contribution in [3.63, 3.8) is 0 Å². The molecule has 6 heteroatoms. The summed E-state index contributed by atoms with van der Waals surface area (Å²) in [5.74, 6) is 1.00. The van der Waals surface area contributed by atoms with Crippen molar-refractivity contribution in [3.05, 3.63) is 59.0 Å². The lowest BCUT2D eigenvalue weighted by Gasteiger charge is -2.45. The standard InChI is InChI=1S/C22H29F3N2O/c1-21(2)14-19(15-6-5-7-16(12-15)22(23,24)25)18-9-8-17(13-20(18)26-21)28-11-10-27(3)4/h5-8,12-13,18-19,26H,9-11,14H2,1-4H3. The molecule has 2 aliphatic rings. The molecule has 154 valence electrons. The molecule has 28 heavy (non-hydrogen) atoms. The highest BCUT2D eigenvalue weighted by Crippen LogP contribution is 2.45. The molecule has 0 bridgehead atoms. The van der Waals surface area contributed by atoms with Crippen molar-refractivity contribution in [2.45, 2.75) is 44.3 Å². The van der Waals surface area contributed by atoms with Crippen LogP contribution in [0.5, 0.6) is 0 Å². The van der Waals surface area contributed by atoms with Gasteiger partial charge in [0, 0.05) is 23.7 Å². The minimum atomic E-state index is -4.32. The van der Waals surface area contributed by atoms with Crippen LogP contribution in [0.1, 0.15) is 43.7 Å². The highest BCUT2D eigenvalue weighted by Gasteiger charge is 2.40. The molecule has 3 rings (SSSR count). The van der Waals surface area contributed by atoms with Gasteiger partial charge in [-0.2, -0.15) is 13.2 Å². The lowest BCUT2D eigenvalue weighted by Crippen LogP contribution is -2.48. The van der Waals surface area contributed by atoms with E-state index in [4.69, 9.17) is 4.74 Å². The van der Waals surface area contributed by atoms with Gasteiger partial charge in [-0.05, 0) is 70.5 Å². The predicted molar refractivity (Wildman–Crippen MR) is 105 cm³/mol. The summed E-state index contributed by atoms with van der Waals surface area (Å²) in [6.07, 6.45) is 1.29. The van der Waals surface area contributed by atoms with E-state index in [9.17, 15) is 13.2 Å². The first-order valence-electron chi connectivity index (χ1n) is 9.70. The largest absolute Gasteiger partial charge is 0.493 e. The predicted octanol–water partition coefficient (Wildman–Crippen LogP) is 4.93. The van der Waals surface area contributed by atoms with Gasteiger partial charge in [-0.15, -0.1) is 0 Å². The van der Waals surface area contributed by atoms with E-state index in [1.54, 1.807) is 0 Å². The molecule has 0 amide bonds. The minimum absolute atomic E-state index is 0.0318. The quantitative estimate of drug-likeness (QED) is 0.767. The van der Waals surface area contributed by atoms with Crippen LogP contribution in [0.3, 0.4) is 0 Å². The van der Waals surface area contributed by atoms with Crippen molar-refractivity contribution >= 4 is 0 Å². The molecular weight excluding hydrogens is 365 g/mol. The summed E-state index contributed by atoms with van der Waals surface area (Å²) in [4.78, 5) is 2.06. The van der Waals surface area contributed by atoms with Crippen LogP contribution in [-0.4, -0.2) is 37.7 Å². The van der Waals surface area contributed by atoms with Crippen LogP contribution in [0.2, 0.25) is 0 Å². The van der Waals surface area contributed by atoms with Crippen LogP contribution >= 0.6 is 0 Å². The Balaban J connectivity index is 1.83. The zero-order valence-electron chi connectivity index (χ0n) is 16.9. The summed E-state index contributed by atoms with van der Waals surface area (Å²) < 4.78 is 45.5. The topological polar surface area (TPSA) is 24.5 Å². The first-order valence-corrected chi connectivity index (χ1v) is 9.70. The number of hydrogen-bond donors (Lipinski definition) is 1. The molecule has 2 unspecified atom stereocenters. The lowest BCUT2D eigenvalue weighted by molar-refractivity contribution is -0.137. The number of piperidine rings is 1. The Bertz CT molecular complexity index is 765. The molecule has 0 saturated carbocycles. The lowest BCUT2D eigenvalue weighted by atomic mass is 9.70. The summed E-state index contributed by atoms with van der Waals surface area (Å²) in [7, 11) is 4.00. The van der Waals surface area contributed by atoms with Crippen LogP contribution in [0.15, 0.2) is 47.9 Å². The summed E-state index contributed by atoms with van der Waals surface area (Å²) in [5, 5.41) is 3.58. The highest BCUT2D eigenvalue weighted by atomic mass is 19.4. The zero-order chi connectivity index (χ0) is 20.5. The van der Waals surface area contributed by atoms with Crippen molar-refractivity contribution in [3.8, 4) is 0 Å². The smallest absolute Gasteiger partial charge is 0.416 e. The number of alkyl halides is 3. The number of likely N-dealkylation sites (N-methyl/N-ethyl adjacent to an activating group) is 1. The maximum absolute atomic E-state index is 13.2. The van der Waals surface area contributed by atoms with Gasteiger partial charge < -0.3 is 15.0 Å². The Morgan fingerprint density at radius 2 is 1.96 bits per heavy atom. The van der Waals surface area contributed by atoms with E-state index in [-0.39, 0.29) is 17.4 Å². The van der Waals surface area contributed by atoms with Crippen LogP contribution in [0.4, 0.5) is 13.2 Å². The van der Waals surface area contributed by atoms with Crippen LogP contribution in [0.25, 0.3) is 0 Å². The van der Waals surface area contributed by atoms with Gasteiger partial charge in [-0.3, -0.25) is 0 Å². The van der Waals surface area contributed by atoms with E-state index in [0.29, 0.717) is 6.61 Å². The molecule has 1 fully saturated rings. The number of allylic oxidation sites excluding steroid dienone is 3. The number of benzene rings is 1. The van der Waals surface area contributed by atoms with E-state index in [1.165, 1.54) is 12.1 Å². The molecule has 1 aliphatic carbocycles. The molecule has 0 aromatic heterocycles. The third-order valence-corrected chi connectivity index (χ3v) is 5.42. The molecule has 3 nitrogen and oxygen atoms in total. The van der Waals surface area contributed by atoms with Crippen molar-refractivity contribution in [1.82, 2.24) is 10.2 Å². The number of nitrogens with zero attached hydrogens (tertiary/aromatic N) is 1. The van der Waals surface area contributed by atoms with Gasteiger partial charge >= 0.3 is 6.18 Å². The fourth-order valence-corrected chi connectivity index (χ4v) is 4.08. The fourth-order valence-electron chi connectivity index (χ4n) is 4.08. The Labute approximate surface area is 165 Å². The fraction of sp³-hybridized carbons (Fsp3) is 0.545. The summed E-state index contributed by atoms with van der Waals surface area (Å²) in [6.45, 7) is 5.62. The van der Waals surface area contributed by atoms with Crippen molar-refractivity contribution < 1.29 is 17.9 Å². The number of rotatable bonds is 5. The Morgan fingerprint density at radius 3 is 2.64 bits per heavy atom. The molecular formula is C22H29F3N2O. The summed E-state index contributed by atoms with van der Waals surface area (Å²) in [5.41, 5.74) is 1.03. The van der Waals surface area contributed by atoms with Gasteiger partial charge in [0.1, 0.15) is 12.4 Å². The third-order valence-electron chi connectivity index (χ3n) is 5.42. The van der Waals surface area contributed by atoms with Gasteiger partial charge in [0.15, 0.2) is 0 Å². The molecule has 1 aromatic carbocycles. The van der Waals surface area contributed by atoms with Crippen molar-refractivity contribution in [2.24, 2.45) is 5.92 Å². The number of fused-ring (bicyclic) bond motifs is 1. The number of ether oxygens (including phenoxy) is 1. The maximum Gasteiger partial charge on any atom is 0.416 e. The molecule has 0 radical (unpaired) electrons. The average Bonchev–Trinajstić information content (AvgIpc) is 2.59. The first kappa shape index (κ1) is 20.8. The molecule has 2 atom stereocenters. The summed E-state index contributed by atoms with van der Waals surface area (Å²) >= 11 is 0. The van der Waals surface area contributed by atoms with E-state index >= 15 is 0 Å². The van der Waals surface area contributed by atoms with Crippen LogP contribution in [-0.2, 0) is 10.9 Å². The van der Waals surface area contributed by atoms with Gasteiger partial charge in [0.25, 0.3) is 0 Å². The van der Waals surface area contributed by atoms with E-state index in [1.807, 2.05) is 26.2 Å². The van der Waals surface area contributed by atoms with E-state index in [0.717, 1.165) is 42.5 Å². The van der Waals surface area contributed by atoms with Gasteiger partial charge in [-0.1, -0.05) is 18.2 Å². The van der Waals surface area contributed by atoms with E-state index < -0.39 is 11.7 Å². The van der Waals surface area contributed by atoms with Gasteiger partial charge in [0.05, 0.1) is 5.56 Å². The monoisotopic (exact) mass is 394 g/mol. The average molecular weight is 394 g/mol. The highest BCUT2D eigenvalue weighted by molar-refractivity contribution is 5.36. The molecule has 1 saturated heterocycles. The molecule has 1 N–H and O–H groups in total. The SMILES string of the molecule is CN(C)CCOC1=CCC2C(=C1)NC(C)(C)CC2c1cccc(C(F)(F)F)c1. The Kier molecular flexibility index (Phi) is 5.80. The van der Waals surface area contributed by atoms with Gasteiger partial charge in [-0.25, -0.2) is 0 Å². The van der Waals surface area contributed by atoms with Crippen molar-refractivity contribution in [1.29, 1.82) is 0 Å². The van der Waals surface area contributed by atoms with E-state index in [2.05, 4.69) is 30.1 Å². The second kappa shape index (κ2) is 7.82. The number of hydrogen-bond acceptors (Lipinski definition) is 3. The maximum atomic E-state index is 13.2. The number of halogens is 3. The normalized spacial score (nSPS) is 24.1. The molecule has 1 heterocycles. The third kappa shape index (κ3) is 4.90. The summed E-state index contributed by atoms with van der Waals surface area (Å²) in [6, 6.07) is 5.80. The molecule has 1 aromatic rings. The second-order valence-electron chi connectivity index (χ2n) is 8.64. The molecule has 1 aliphatic heterocycles. The second-order valence-corrected chi connectivity index (χ2v) is 8.64. The van der Waals surface area contributed by atoms with Crippen molar-refractivity contribution in [2.75, 3.05) is 27.2 Å². The van der Waals surface area contributed by atoms with Gasteiger partial charge in [0.2, 0.25) is 0 Å². The van der Waals surface area contributed by atoms with Crippen LogP contribution in [0, 0.1) is 5.92 Å². The molecule has 0 spiro atoms. The Hall–Kier alpha value is -1.95. The first-order chi connectivity index (χ1) is 13.0. The zero-order valence-corrected chi connectivity index (χ0v) is 16.9. The van der Waals surface area contributed by atoms with Crippen LogP contribution < -0.4 is 5.32 Å². The Morgan fingerprint density at radius 1 is 1.21 bits per heavy atom. The number of nitrogens with one attached hydrogen (secondary N) is 1. The minimum Gasteiger partial charge on any atom is -0.493 e.